The molecule has 0 bridgehead atoms. The number of halogens is 1. The number of aromatic nitrogens is 1. The topological polar surface area (TPSA) is 114 Å². The van der Waals surface area contributed by atoms with Crippen LogP contribution in [0.5, 0.6) is 0 Å². The van der Waals surface area contributed by atoms with Crippen LogP contribution in [-0.4, -0.2) is 34.0 Å². The number of carbonyl (C=O) groups is 1. The number of amides is 1. The third-order valence-corrected chi connectivity index (χ3v) is 6.83. The van der Waals surface area contributed by atoms with Gasteiger partial charge in [0.2, 0.25) is 5.89 Å². The Morgan fingerprint density at radius 2 is 1.81 bits per heavy atom. The molecule has 0 unspecified atom stereocenters. The maximum absolute atomic E-state index is 12.8. The molecule has 1 aromatic heterocycles. The summed E-state index contributed by atoms with van der Waals surface area (Å²) in [5.41, 5.74) is 3.29. The van der Waals surface area contributed by atoms with Crippen LogP contribution in [0.4, 0.5) is 17.1 Å². The molecule has 0 saturated carbocycles. The summed E-state index contributed by atoms with van der Waals surface area (Å²) >= 11 is 8.72. The minimum absolute atomic E-state index is 0.0590. The van der Waals surface area contributed by atoms with Crippen molar-refractivity contribution in [2.24, 2.45) is 0 Å². The number of nitrogens with one attached hydrogen (secondary N) is 2. The molecule has 3 aromatic carbocycles. The van der Waals surface area contributed by atoms with Crippen molar-refractivity contribution in [3.8, 4) is 11.5 Å². The summed E-state index contributed by atoms with van der Waals surface area (Å²) in [4.78, 5) is 30.6. The maximum atomic E-state index is 12.8. The van der Waals surface area contributed by atoms with Gasteiger partial charge < -0.3 is 14.6 Å². The highest BCUT2D eigenvalue weighted by atomic mass is 79.9. The predicted octanol–water partition coefficient (Wildman–Crippen LogP) is 6.28. The standard InChI is InChI=1S/C26H22BrN5O4S/c27-18-7-4-16(5-8-18)25-29-20-15-19(9-11-23(20)36-25)28-26(37)30-24(33)17-6-10-21(22(14-17)32(34)35)31-12-2-1-3-13-31/h4-11,14-15H,1-3,12-13H2,(H2,28,30,33,37). The van der Waals surface area contributed by atoms with Crippen LogP contribution in [0.15, 0.2) is 69.6 Å². The molecular formula is C26H22BrN5O4S. The van der Waals surface area contributed by atoms with Crippen molar-refractivity contribution in [2.45, 2.75) is 19.3 Å². The molecule has 0 aliphatic carbocycles. The number of thiocarbonyl (C=S) groups is 1. The highest BCUT2D eigenvalue weighted by molar-refractivity contribution is 9.10. The van der Waals surface area contributed by atoms with Crippen molar-refractivity contribution in [2.75, 3.05) is 23.3 Å². The largest absolute Gasteiger partial charge is 0.436 e. The normalized spacial score (nSPS) is 13.4. The average molecular weight is 580 g/mol. The summed E-state index contributed by atoms with van der Waals surface area (Å²) in [5.74, 6) is -0.0454. The number of nitrogens with zero attached hydrogens (tertiary/aromatic N) is 3. The van der Waals surface area contributed by atoms with Crippen LogP contribution in [0.25, 0.3) is 22.6 Å². The van der Waals surface area contributed by atoms with Gasteiger partial charge in [-0.15, -0.1) is 0 Å². The van der Waals surface area contributed by atoms with E-state index in [-0.39, 0.29) is 16.4 Å². The second-order valence-corrected chi connectivity index (χ2v) is 9.95. The molecule has 0 spiro atoms. The second-order valence-electron chi connectivity index (χ2n) is 8.62. The van der Waals surface area contributed by atoms with Gasteiger partial charge in [0.15, 0.2) is 10.7 Å². The van der Waals surface area contributed by atoms with Gasteiger partial charge in [0, 0.05) is 40.4 Å². The molecule has 1 fully saturated rings. The van der Waals surface area contributed by atoms with Crippen LogP contribution in [0.2, 0.25) is 0 Å². The molecule has 2 N–H and O–H groups in total. The fourth-order valence-electron chi connectivity index (χ4n) is 4.27. The van der Waals surface area contributed by atoms with Crippen molar-refractivity contribution in [3.05, 3.63) is 80.8 Å². The third-order valence-electron chi connectivity index (χ3n) is 6.09. The summed E-state index contributed by atoms with van der Waals surface area (Å²) in [7, 11) is 0. The zero-order valence-corrected chi connectivity index (χ0v) is 22.0. The van der Waals surface area contributed by atoms with E-state index in [2.05, 4.69) is 31.5 Å². The van der Waals surface area contributed by atoms with Gasteiger partial charge in [-0.2, -0.15) is 0 Å². The minimum Gasteiger partial charge on any atom is -0.436 e. The monoisotopic (exact) mass is 579 g/mol. The van der Waals surface area contributed by atoms with Gasteiger partial charge in [-0.3, -0.25) is 20.2 Å². The van der Waals surface area contributed by atoms with Crippen molar-refractivity contribution in [3.63, 3.8) is 0 Å². The Bertz CT molecular complexity index is 1500. The van der Waals surface area contributed by atoms with E-state index in [1.54, 1.807) is 30.3 Å². The Morgan fingerprint density at radius 3 is 2.54 bits per heavy atom. The Hall–Kier alpha value is -3.83. The van der Waals surface area contributed by atoms with E-state index >= 15 is 0 Å². The summed E-state index contributed by atoms with van der Waals surface area (Å²) in [5, 5.41) is 17.3. The molecule has 0 radical (unpaired) electrons. The quantitative estimate of drug-likeness (QED) is 0.161. The van der Waals surface area contributed by atoms with Crippen LogP contribution in [0.1, 0.15) is 29.6 Å². The lowest BCUT2D eigenvalue weighted by atomic mass is 10.1. The highest BCUT2D eigenvalue weighted by Crippen LogP contribution is 2.31. The molecule has 1 aliphatic rings. The molecule has 9 nitrogen and oxygen atoms in total. The summed E-state index contributed by atoms with van der Waals surface area (Å²) in [6.07, 6.45) is 3.10. The van der Waals surface area contributed by atoms with Crippen LogP contribution in [0.3, 0.4) is 0 Å². The van der Waals surface area contributed by atoms with Crippen molar-refractivity contribution in [1.82, 2.24) is 10.3 Å². The fraction of sp³-hybridized carbons (Fsp3) is 0.192. The van der Waals surface area contributed by atoms with Gasteiger partial charge in [-0.05, 0) is 86.1 Å². The Kier molecular flexibility index (Phi) is 7.15. The fourth-order valence-corrected chi connectivity index (χ4v) is 4.75. The predicted molar refractivity (Wildman–Crippen MR) is 150 cm³/mol. The lowest BCUT2D eigenvalue weighted by Crippen LogP contribution is -2.34. The molecule has 1 aliphatic heterocycles. The molecular weight excluding hydrogens is 558 g/mol. The van der Waals surface area contributed by atoms with E-state index in [4.69, 9.17) is 16.6 Å². The molecule has 1 amide bonds. The third kappa shape index (κ3) is 5.62. The van der Waals surface area contributed by atoms with E-state index in [1.807, 2.05) is 29.2 Å². The molecule has 5 rings (SSSR count). The first-order valence-electron chi connectivity index (χ1n) is 11.7. The molecule has 4 aromatic rings. The zero-order chi connectivity index (χ0) is 25.9. The first kappa shape index (κ1) is 24.8. The maximum Gasteiger partial charge on any atom is 0.293 e. The van der Waals surface area contributed by atoms with Crippen molar-refractivity contribution in [1.29, 1.82) is 0 Å². The Balaban J connectivity index is 1.28. The SMILES string of the molecule is O=C(NC(=S)Nc1ccc2oc(-c3ccc(Br)cc3)nc2c1)c1ccc(N2CCCCC2)c([N+](=O)[O-])c1. The lowest BCUT2D eigenvalue weighted by molar-refractivity contribution is -0.384. The molecule has 2 heterocycles. The average Bonchev–Trinajstić information content (AvgIpc) is 3.32. The molecule has 0 atom stereocenters. The van der Waals surface area contributed by atoms with Gasteiger partial charge in [0.05, 0.1) is 4.92 Å². The first-order chi connectivity index (χ1) is 17.9. The van der Waals surface area contributed by atoms with Crippen molar-refractivity contribution < 1.29 is 14.1 Å². The summed E-state index contributed by atoms with van der Waals surface area (Å²) in [6, 6.07) is 17.4. The number of benzene rings is 3. The van der Waals surface area contributed by atoms with Gasteiger partial charge >= 0.3 is 0 Å². The number of nitro benzene ring substituents is 1. The van der Waals surface area contributed by atoms with Gasteiger partial charge in [-0.1, -0.05) is 15.9 Å². The molecule has 1 saturated heterocycles. The molecule has 37 heavy (non-hydrogen) atoms. The Morgan fingerprint density at radius 1 is 1.05 bits per heavy atom. The van der Waals surface area contributed by atoms with Crippen LogP contribution < -0.4 is 15.5 Å². The molecule has 11 heteroatoms. The van der Waals surface area contributed by atoms with Crippen molar-refractivity contribution >= 4 is 67.3 Å². The summed E-state index contributed by atoms with van der Waals surface area (Å²) in [6.45, 7) is 1.53. The van der Waals surface area contributed by atoms with Crippen LogP contribution >= 0.6 is 28.1 Å². The smallest absolute Gasteiger partial charge is 0.293 e. The summed E-state index contributed by atoms with van der Waals surface area (Å²) < 4.78 is 6.81. The van der Waals surface area contributed by atoms with Gasteiger partial charge in [0.1, 0.15) is 11.2 Å². The number of hydrogen-bond acceptors (Lipinski definition) is 7. The van der Waals surface area contributed by atoms with Crippen LogP contribution in [0, 0.1) is 10.1 Å². The highest BCUT2D eigenvalue weighted by Gasteiger charge is 2.23. The van der Waals surface area contributed by atoms with E-state index in [1.165, 1.54) is 6.07 Å². The number of anilines is 2. The number of rotatable bonds is 5. The van der Waals surface area contributed by atoms with Gasteiger partial charge in [0.25, 0.3) is 11.6 Å². The minimum atomic E-state index is -0.536. The number of oxazole rings is 1. The van der Waals surface area contributed by atoms with Gasteiger partial charge in [-0.25, -0.2) is 4.98 Å². The lowest BCUT2D eigenvalue weighted by Gasteiger charge is -2.28. The zero-order valence-electron chi connectivity index (χ0n) is 19.6. The van der Waals surface area contributed by atoms with Crippen LogP contribution in [-0.2, 0) is 0 Å². The number of carbonyl (C=O) groups excluding carboxylic acids is 1. The van der Waals surface area contributed by atoms with E-state index < -0.39 is 10.8 Å². The number of nitro groups is 1. The van der Waals surface area contributed by atoms with E-state index in [9.17, 15) is 14.9 Å². The second kappa shape index (κ2) is 10.7. The number of piperidine rings is 1. The van der Waals surface area contributed by atoms with E-state index in [0.29, 0.717) is 28.4 Å². The number of hydrogen-bond donors (Lipinski definition) is 2. The molecule has 188 valence electrons. The number of fused-ring (bicyclic) bond motifs is 1. The Labute approximate surface area is 226 Å². The first-order valence-corrected chi connectivity index (χ1v) is 12.9. The van der Waals surface area contributed by atoms with E-state index in [0.717, 1.165) is 42.4 Å².